The Morgan fingerprint density at radius 1 is 1.31 bits per heavy atom. The Bertz CT molecular complexity index is 1000. The number of nitrogens with zero attached hydrogens (tertiary/aromatic N) is 4. The number of halogens is 2. The molecule has 1 aromatic carbocycles. The monoisotopic (exact) mass is 430 g/mol. The van der Waals surface area contributed by atoms with Crippen LogP contribution in [0.2, 0.25) is 0 Å². The van der Waals surface area contributed by atoms with Gasteiger partial charge >= 0.3 is 0 Å². The van der Waals surface area contributed by atoms with Crippen molar-refractivity contribution in [2.75, 3.05) is 0 Å². The Kier molecular flexibility index (Phi) is 5.78. The lowest BCUT2D eigenvalue weighted by atomic mass is 10.1. The third-order valence-electron chi connectivity index (χ3n) is 4.85. The molecule has 0 amide bonds. The molecule has 0 saturated heterocycles. The van der Waals surface area contributed by atoms with E-state index in [9.17, 15) is 4.39 Å². The SMILES string of the molecule is C=C(F)/N=C1\C(=C(/C)Cl)C(c2sncc2Oc2ccccc2)=NN1C1CCCC1. The number of amidine groups is 1. The van der Waals surface area contributed by atoms with Gasteiger partial charge in [0.2, 0.25) is 5.95 Å². The number of hydrogen-bond donors (Lipinski definition) is 0. The lowest BCUT2D eigenvalue weighted by molar-refractivity contribution is 0.336. The van der Waals surface area contributed by atoms with Crippen LogP contribution in [0, 0.1) is 0 Å². The summed E-state index contributed by atoms with van der Waals surface area (Å²) in [6.45, 7) is 5.05. The molecule has 0 unspecified atom stereocenters. The van der Waals surface area contributed by atoms with Crippen LogP contribution in [-0.4, -0.2) is 27.0 Å². The second kappa shape index (κ2) is 8.47. The summed E-state index contributed by atoms with van der Waals surface area (Å²) in [5, 5.41) is 7.08. The smallest absolute Gasteiger partial charge is 0.207 e. The minimum atomic E-state index is -0.778. The van der Waals surface area contributed by atoms with Crippen LogP contribution in [0.1, 0.15) is 37.5 Å². The van der Waals surface area contributed by atoms with Crippen LogP contribution < -0.4 is 4.74 Å². The van der Waals surface area contributed by atoms with E-state index in [1.807, 2.05) is 30.3 Å². The molecule has 8 heteroatoms. The fourth-order valence-electron chi connectivity index (χ4n) is 3.61. The van der Waals surface area contributed by atoms with E-state index in [-0.39, 0.29) is 6.04 Å². The third-order valence-corrected chi connectivity index (χ3v) is 5.83. The van der Waals surface area contributed by atoms with Crippen molar-refractivity contribution in [3.63, 3.8) is 0 Å². The van der Waals surface area contributed by atoms with Crippen LogP contribution in [-0.2, 0) is 0 Å². The highest BCUT2D eigenvalue weighted by molar-refractivity contribution is 7.09. The number of rotatable bonds is 5. The number of aromatic nitrogens is 1. The van der Waals surface area contributed by atoms with Gasteiger partial charge in [-0.3, -0.25) is 0 Å². The van der Waals surface area contributed by atoms with E-state index in [0.29, 0.717) is 33.7 Å². The fraction of sp³-hybridized carbons (Fsp3) is 0.286. The van der Waals surface area contributed by atoms with Crippen LogP contribution in [0.5, 0.6) is 11.5 Å². The molecule has 2 aromatic rings. The molecule has 29 heavy (non-hydrogen) atoms. The van der Waals surface area contributed by atoms with Gasteiger partial charge in [-0.05, 0) is 50.0 Å². The third kappa shape index (κ3) is 4.11. The first kappa shape index (κ1) is 19.8. The zero-order valence-electron chi connectivity index (χ0n) is 15.9. The summed E-state index contributed by atoms with van der Waals surface area (Å²) in [7, 11) is 0. The molecule has 1 aliphatic carbocycles. The van der Waals surface area contributed by atoms with Crippen molar-refractivity contribution in [1.82, 2.24) is 9.38 Å². The molecule has 1 aliphatic heterocycles. The average Bonchev–Trinajstić information content (AvgIpc) is 3.41. The molecule has 0 radical (unpaired) electrons. The topological polar surface area (TPSA) is 50.1 Å². The lowest BCUT2D eigenvalue weighted by Crippen LogP contribution is -2.32. The van der Waals surface area contributed by atoms with Gasteiger partial charge in [-0.25, -0.2) is 10.0 Å². The lowest BCUT2D eigenvalue weighted by Gasteiger charge is -2.22. The quantitative estimate of drug-likeness (QED) is 0.527. The van der Waals surface area contributed by atoms with Crippen LogP contribution in [0.4, 0.5) is 4.39 Å². The van der Waals surface area contributed by atoms with Crippen molar-refractivity contribution in [2.24, 2.45) is 10.1 Å². The maximum absolute atomic E-state index is 13.7. The van der Waals surface area contributed by atoms with Gasteiger partial charge in [-0.2, -0.15) is 13.9 Å². The van der Waals surface area contributed by atoms with E-state index in [0.717, 1.165) is 30.6 Å². The van der Waals surface area contributed by atoms with Crippen molar-refractivity contribution in [1.29, 1.82) is 0 Å². The highest BCUT2D eigenvalue weighted by Gasteiger charge is 2.38. The molecular weight excluding hydrogens is 411 g/mol. The second-order valence-electron chi connectivity index (χ2n) is 6.89. The van der Waals surface area contributed by atoms with E-state index in [1.165, 1.54) is 11.5 Å². The maximum atomic E-state index is 13.7. The molecule has 2 aliphatic rings. The molecule has 1 fully saturated rings. The molecular formula is C21H20ClFN4OS. The molecule has 2 heterocycles. The van der Waals surface area contributed by atoms with E-state index in [2.05, 4.69) is 15.9 Å². The van der Waals surface area contributed by atoms with Gasteiger partial charge in [0, 0.05) is 5.03 Å². The number of hydrazone groups is 1. The van der Waals surface area contributed by atoms with Crippen LogP contribution in [0.15, 0.2) is 69.8 Å². The van der Waals surface area contributed by atoms with Gasteiger partial charge in [-0.1, -0.05) is 42.6 Å². The Morgan fingerprint density at radius 2 is 2.03 bits per heavy atom. The molecule has 5 nitrogen and oxygen atoms in total. The van der Waals surface area contributed by atoms with E-state index in [4.69, 9.17) is 21.4 Å². The summed E-state index contributed by atoms with van der Waals surface area (Å²) in [5.74, 6) is 0.882. The first-order valence-corrected chi connectivity index (χ1v) is 10.6. The molecule has 0 N–H and O–H groups in total. The number of para-hydroxylation sites is 1. The summed E-state index contributed by atoms with van der Waals surface area (Å²) in [6, 6.07) is 9.61. The van der Waals surface area contributed by atoms with Crippen LogP contribution in [0.25, 0.3) is 0 Å². The highest BCUT2D eigenvalue weighted by Crippen LogP contribution is 2.37. The second-order valence-corrected chi connectivity index (χ2v) is 8.25. The molecule has 1 aromatic heterocycles. The molecule has 0 bridgehead atoms. The first-order valence-electron chi connectivity index (χ1n) is 9.40. The summed E-state index contributed by atoms with van der Waals surface area (Å²) in [4.78, 5) is 4.77. The van der Waals surface area contributed by atoms with Gasteiger partial charge in [0.15, 0.2) is 11.6 Å². The minimum absolute atomic E-state index is 0.156. The normalized spacial score (nSPS) is 20.3. The van der Waals surface area contributed by atoms with Crippen molar-refractivity contribution < 1.29 is 9.13 Å². The van der Waals surface area contributed by atoms with Gasteiger partial charge in [0.1, 0.15) is 16.3 Å². The van der Waals surface area contributed by atoms with Crippen molar-refractivity contribution >= 4 is 34.7 Å². The Balaban J connectivity index is 1.78. The summed E-state index contributed by atoms with van der Waals surface area (Å²) in [6.07, 6.45) is 5.81. The number of ether oxygens (including phenoxy) is 1. The standard InChI is InChI=1S/C21H20ClFN4OS/c1-13(22)18-19(20-17(12-24-29-20)28-16-10-4-3-5-11-16)26-27(15-8-6-7-9-15)21(18)25-14(2)23/h3-5,10-12,15H,2,6-9H2,1H3/b18-13+,25-21+. The van der Waals surface area contributed by atoms with Gasteiger partial charge in [0.25, 0.3) is 0 Å². The number of benzene rings is 1. The molecule has 4 rings (SSSR count). The fourth-order valence-corrected chi connectivity index (χ4v) is 4.45. The Morgan fingerprint density at radius 3 is 2.69 bits per heavy atom. The van der Waals surface area contributed by atoms with E-state index >= 15 is 0 Å². The predicted molar refractivity (Wildman–Crippen MR) is 115 cm³/mol. The Hall–Kier alpha value is -2.51. The number of hydrogen-bond acceptors (Lipinski definition) is 5. The largest absolute Gasteiger partial charge is 0.454 e. The van der Waals surface area contributed by atoms with Gasteiger partial charge in [0.05, 0.1) is 17.8 Å². The van der Waals surface area contributed by atoms with Crippen molar-refractivity contribution in [2.45, 2.75) is 38.6 Å². The first-order chi connectivity index (χ1) is 14.0. The Labute approximate surface area is 178 Å². The summed E-state index contributed by atoms with van der Waals surface area (Å²) < 4.78 is 24.0. The molecule has 0 atom stereocenters. The van der Waals surface area contributed by atoms with Crippen LogP contribution in [0.3, 0.4) is 0 Å². The summed E-state index contributed by atoms with van der Waals surface area (Å²) >= 11 is 7.70. The number of allylic oxidation sites excluding steroid dienone is 1. The maximum Gasteiger partial charge on any atom is 0.207 e. The molecule has 150 valence electrons. The minimum Gasteiger partial charge on any atom is -0.454 e. The van der Waals surface area contributed by atoms with Crippen molar-refractivity contribution in [3.8, 4) is 11.5 Å². The van der Waals surface area contributed by atoms with E-state index < -0.39 is 5.95 Å². The molecule has 1 saturated carbocycles. The van der Waals surface area contributed by atoms with Crippen LogP contribution >= 0.6 is 23.1 Å². The molecule has 0 spiro atoms. The van der Waals surface area contributed by atoms with Gasteiger partial charge in [-0.15, -0.1) is 0 Å². The zero-order chi connectivity index (χ0) is 20.4. The average molecular weight is 431 g/mol. The highest BCUT2D eigenvalue weighted by atomic mass is 35.5. The number of aliphatic imine (C=N–C) groups is 1. The van der Waals surface area contributed by atoms with Gasteiger partial charge < -0.3 is 4.74 Å². The zero-order valence-corrected chi connectivity index (χ0v) is 17.5. The predicted octanol–water partition coefficient (Wildman–Crippen LogP) is 6.25. The van der Waals surface area contributed by atoms with E-state index in [1.54, 1.807) is 18.1 Å². The summed E-state index contributed by atoms with van der Waals surface area (Å²) in [5.41, 5.74) is 1.18. The van der Waals surface area contributed by atoms with Crippen molar-refractivity contribution in [3.05, 3.63) is 64.5 Å².